The number of nitrogens with zero attached hydrogens (tertiary/aromatic N) is 2. The fourth-order valence-electron chi connectivity index (χ4n) is 6.48. The quantitative estimate of drug-likeness (QED) is 0.544. The third-order valence-corrected chi connectivity index (χ3v) is 8.20. The Morgan fingerprint density at radius 2 is 1.97 bits per heavy atom. The highest BCUT2D eigenvalue weighted by atomic mass is 19.1. The zero-order chi connectivity index (χ0) is 20.9. The SMILES string of the molecule is CC1=C2C[C@@H]3[C@H](CN4CCN(c5ccccc5F)CC4)C(=O)O[C@@H]3C[C@]2(C)CCC1. The van der Waals surface area contributed by atoms with Gasteiger partial charge in [0.2, 0.25) is 0 Å². The molecule has 0 bridgehead atoms. The monoisotopic (exact) mass is 412 g/mol. The summed E-state index contributed by atoms with van der Waals surface area (Å²) in [6, 6.07) is 6.99. The molecule has 4 atom stereocenters. The van der Waals surface area contributed by atoms with Gasteiger partial charge < -0.3 is 9.64 Å². The molecule has 0 radical (unpaired) electrons. The minimum atomic E-state index is -0.158. The average molecular weight is 413 g/mol. The molecule has 30 heavy (non-hydrogen) atoms. The summed E-state index contributed by atoms with van der Waals surface area (Å²) in [4.78, 5) is 17.3. The minimum absolute atomic E-state index is 0.00188. The molecular weight excluding hydrogens is 379 g/mol. The van der Waals surface area contributed by atoms with Crippen molar-refractivity contribution in [1.29, 1.82) is 0 Å². The summed E-state index contributed by atoms with van der Waals surface area (Å²) in [5, 5.41) is 0. The van der Waals surface area contributed by atoms with Crippen LogP contribution in [0.1, 0.15) is 46.0 Å². The number of carbonyl (C=O) groups excluding carboxylic acids is 1. The number of anilines is 1. The summed E-state index contributed by atoms with van der Waals surface area (Å²) in [6.45, 7) is 8.74. The molecule has 162 valence electrons. The lowest BCUT2D eigenvalue weighted by Crippen LogP contribution is -2.49. The smallest absolute Gasteiger partial charge is 0.310 e. The van der Waals surface area contributed by atoms with E-state index >= 15 is 0 Å². The van der Waals surface area contributed by atoms with Gasteiger partial charge in [0.25, 0.3) is 0 Å². The molecule has 4 nitrogen and oxygen atoms in total. The van der Waals surface area contributed by atoms with Crippen molar-refractivity contribution in [3.63, 3.8) is 0 Å². The van der Waals surface area contributed by atoms with Crippen molar-refractivity contribution in [2.24, 2.45) is 17.3 Å². The summed E-state index contributed by atoms with van der Waals surface area (Å²) >= 11 is 0. The Kier molecular flexibility index (Phi) is 5.12. The van der Waals surface area contributed by atoms with Gasteiger partial charge in [-0.3, -0.25) is 9.69 Å². The van der Waals surface area contributed by atoms with Gasteiger partial charge in [0.05, 0.1) is 11.6 Å². The molecule has 0 amide bonds. The molecule has 5 rings (SSSR count). The van der Waals surface area contributed by atoms with E-state index in [1.165, 1.54) is 25.3 Å². The van der Waals surface area contributed by atoms with E-state index in [4.69, 9.17) is 4.74 Å². The predicted octanol–water partition coefficient (Wildman–Crippen LogP) is 4.41. The zero-order valence-electron chi connectivity index (χ0n) is 18.2. The van der Waals surface area contributed by atoms with E-state index in [2.05, 4.69) is 23.6 Å². The second-order valence-electron chi connectivity index (χ2n) is 10.1. The molecule has 0 N–H and O–H groups in total. The van der Waals surface area contributed by atoms with E-state index in [0.29, 0.717) is 11.6 Å². The number of carbonyl (C=O) groups is 1. The van der Waals surface area contributed by atoms with Crippen molar-refractivity contribution in [1.82, 2.24) is 4.90 Å². The van der Waals surface area contributed by atoms with Crippen LogP contribution in [-0.4, -0.2) is 49.7 Å². The van der Waals surface area contributed by atoms with Crippen LogP contribution in [0.25, 0.3) is 0 Å². The van der Waals surface area contributed by atoms with Crippen molar-refractivity contribution in [2.75, 3.05) is 37.6 Å². The lowest BCUT2D eigenvalue weighted by Gasteiger charge is -2.46. The maximum Gasteiger partial charge on any atom is 0.310 e. The molecular formula is C25H33FN2O2. The Bertz CT molecular complexity index is 860. The van der Waals surface area contributed by atoms with Crippen molar-refractivity contribution in [2.45, 2.75) is 52.1 Å². The van der Waals surface area contributed by atoms with Gasteiger partial charge in [0, 0.05) is 38.6 Å². The van der Waals surface area contributed by atoms with Crippen LogP contribution in [0.15, 0.2) is 35.4 Å². The van der Waals surface area contributed by atoms with E-state index in [0.717, 1.165) is 45.6 Å². The van der Waals surface area contributed by atoms with E-state index in [1.54, 1.807) is 17.2 Å². The molecule has 2 heterocycles. The maximum absolute atomic E-state index is 14.1. The third kappa shape index (κ3) is 3.45. The second kappa shape index (κ2) is 7.67. The number of hydrogen-bond donors (Lipinski definition) is 0. The van der Waals surface area contributed by atoms with Crippen molar-refractivity contribution in [3.8, 4) is 0 Å². The first-order valence-electron chi connectivity index (χ1n) is 11.6. The van der Waals surface area contributed by atoms with Crippen LogP contribution in [0, 0.1) is 23.1 Å². The Balaban J connectivity index is 1.25. The van der Waals surface area contributed by atoms with Crippen molar-refractivity contribution < 1.29 is 13.9 Å². The lowest BCUT2D eigenvalue weighted by molar-refractivity contribution is -0.145. The molecule has 0 unspecified atom stereocenters. The summed E-state index contributed by atoms with van der Waals surface area (Å²) in [6.07, 6.45) is 5.80. The first kappa shape index (κ1) is 20.0. The molecule has 3 fully saturated rings. The van der Waals surface area contributed by atoms with Crippen LogP contribution in [0.5, 0.6) is 0 Å². The highest BCUT2D eigenvalue weighted by Crippen LogP contribution is 2.55. The van der Waals surface area contributed by atoms with Gasteiger partial charge in [-0.05, 0) is 56.6 Å². The van der Waals surface area contributed by atoms with Crippen LogP contribution < -0.4 is 4.90 Å². The van der Waals surface area contributed by atoms with Gasteiger partial charge in [0.15, 0.2) is 0 Å². The van der Waals surface area contributed by atoms with Crippen LogP contribution >= 0.6 is 0 Å². The Morgan fingerprint density at radius 3 is 2.73 bits per heavy atom. The van der Waals surface area contributed by atoms with Gasteiger partial charge in [-0.25, -0.2) is 4.39 Å². The molecule has 5 heteroatoms. The van der Waals surface area contributed by atoms with Crippen LogP contribution in [0.3, 0.4) is 0 Å². The number of benzene rings is 1. The van der Waals surface area contributed by atoms with Gasteiger partial charge in [-0.1, -0.05) is 30.2 Å². The van der Waals surface area contributed by atoms with Gasteiger partial charge >= 0.3 is 5.97 Å². The van der Waals surface area contributed by atoms with Crippen LogP contribution in [-0.2, 0) is 9.53 Å². The van der Waals surface area contributed by atoms with E-state index in [1.807, 2.05) is 12.1 Å². The molecule has 2 saturated heterocycles. The number of fused-ring (bicyclic) bond motifs is 2. The molecule has 2 aliphatic carbocycles. The standard InChI is InChI=1S/C25H33FN2O2/c1-17-6-5-9-25(2)15-23-18(14-20(17)25)19(24(29)30-23)16-27-10-12-28(13-11-27)22-8-4-3-7-21(22)26/h3-4,7-8,18-19,23H,5-6,9-16H2,1-2H3/t18-,19+,23-,25+/m1/s1. The number of esters is 1. The largest absolute Gasteiger partial charge is 0.462 e. The van der Waals surface area contributed by atoms with Gasteiger partial charge in [0.1, 0.15) is 11.9 Å². The Hall–Kier alpha value is -1.88. The van der Waals surface area contributed by atoms with Crippen molar-refractivity contribution >= 4 is 11.7 Å². The summed E-state index contributed by atoms with van der Waals surface area (Å²) in [5.74, 6) is 0.136. The number of halogens is 1. The fraction of sp³-hybridized carbons (Fsp3) is 0.640. The number of allylic oxidation sites excluding steroid dienone is 2. The number of piperazine rings is 1. The lowest BCUT2D eigenvalue weighted by atomic mass is 9.59. The number of hydrogen-bond acceptors (Lipinski definition) is 4. The van der Waals surface area contributed by atoms with Gasteiger partial charge in [-0.2, -0.15) is 0 Å². The maximum atomic E-state index is 14.1. The normalized spacial score (nSPS) is 34.6. The molecule has 1 aromatic carbocycles. The minimum Gasteiger partial charge on any atom is -0.462 e. The van der Waals surface area contributed by atoms with Crippen LogP contribution in [0.4, 0.5) is 10.1 Å². The highest BCUT2D eigenvalue weighted by molar-refractivity contribution is 5.76. The second-order valence-corrected chi connectivity index (χ2v) is 10.1. The fourth-order valence-corrected chi connectivity index (χ4v) is 6.48. The first-order valence-corrected chi connectivity index (χ1v) is 11.6. The van der Waals surface area contributed by atoms with Crippen LogP contribution in [0.2, 0.25) is 0 Å². The molecule has 1 saturated carbocycles. The predicted molar refractivity (Wildman–Crippen MR) is 116 cm³/mol. The van der Waals surface area contributed by atoms with Gasteiger partial charge in [-0.15, -0.1) is 0 Å². The number of rotatable bonds is 3. The Labute approximate surface area is 179 Å². The molecule has 0 spiro atoms. The zero-order valence-corrected chi connectivity index (χ0v) is 18.2. The topological polar surface area (TPSA) is 32.8 Å². The number of ether oxygens (including phenoxy) is 1. The molecule has 4 aliphatic rings. The summed E-state index contributed by atoms with van der Waals surface area (Å²) < 4.78 is 20.0. The summed E-state index contributed by atoms with van der Waals surface area (Å²) in [7, 11) is 0. The first-order chi connectivity index (χ1) is 14.4. The van der Waals surface area contributed by atoms with E-state index in [9.17, 15) is 9.18 Å². The van der Waals surface area contributed by atoms with E-state index < -0.39 is 0 Å². The Morgan fingerprint density at radius 1 is 1.20 bits per heavy atom. The molecule has 2 aliphatic heterocycles. The molecule has 1 aromatic rings. The average Bonchev–Trinajstić information content (AvgIpc) is 3.01. The van der Waals surface area contributed by atoms with E-state index in [-0.39, 0.29) is 29.2 Å². The number of para-hydroxylation sites is 1. The third-order valence-electron chi connectivity index (χ3n) is 8.20. The molecule has 0 aromatic heterocycles. The summed E-state index contributed by atoms with van der Waals surface area (Å²) in [5.41, 5.74) is 4.08. The van der Waals surface area contributed by atoms with Crippen molar-refractivity contribution in [3.05, 3.63) is 41.2 Å². The highest BCUT2D eigenvalue weighted by Gasteiger charge is 2.53.